The highest BCUT2D eigenvalue weighted by Gasteiger charge is 2.20. The number of carbonyl (C=O) groups is 1. The third-order valence-corrected chi connectivity index (χ3v) is 5.01. The van der Waals surface area contributed by atoms with Gasteiger partial charge in [0.1, 0.15) is 0 Å². The number of piperidine rings is 1. The summed E-state index contributed by atoms with van der Waals surface area (Å²) in [6.45, 7) is 3.06. The van der Waals surface area contributed by atoms with Gasteiger partial charge < -0.3 is 5.11 Å². The van der Waals surface area contributed by atoms with Crippen LogP contribution in [0.1, 0.15) is 40.2 Å². The van der Waals surface area contributed by atoms with E-state index < -0.39 is 5.97 Å². The number of hydrogen-bond acceptors (Lipinski definition) is 2. The second-order valence-electron chi connectivity index (χ2n) is 6.11. The molecule has 0 aromatic heterocycles. The zero-order chi connectivity index (χ0) is 16.2. The van der Waals surface area contributed by atoms with E-state index in [1.54, 1.807) is 12.1 Å². The molecular weight excluding hydrogens is 354 g/mol. The number of aromatic carboxylic acids is 1. The molecule has 1 fully saturated rings. The van der Waals surface area contributed by atoms with Crippen molar-refractivity contribution in [3.8, 4) is 0 Å². The van der Waals surface area contributed by atoms with Gasteiger partial charge in [-0.05, 0) is 67.2 Å². The molecule has 3 rings (SSSR count). The molecule has 1 N–H and O–H groups in total. The van der Waals surface area contributed by atoms with Crippen LogP contribution < -0.4 is 0 Å². The number of carboxylic acids is 1. The van der Waals surface area contributed by atoms with Gasteiger partial charge in [-0.2, -0.15) is 0 Å². The van der Waals surface area contributed by atoms with Crippen LogP contribution in [0.3, 0.4) is 0 Å². The first-order valence-electron chi connectivity index (χ1n) is 7.92. The molecule has 1 saturated heterocycles. The van der Waals surface area contributed by atoms with Crippen LogP contribution in [0.2, 0.25) is 0 Å². The summed E-state index contributed by atoms with van der Waals surface area (Å²) in [7, 11) is 0. The second kappa shape index (κ2) is 7.28. The summed E-state index contributed by atoms with van der Waals surface area (Å²) >= 11 is 3.55. The van der Waals surface area contributed by atoms with Crippen LogP contribution in [0.25, 0.3) is 0 Å². The number of nitrogens with zero attached hydrogens (tertiary/aromatic N) is 1. The maximum atomic E-state index is 10.9. The van der Waals surface area contributed by atoms with Crippen molar-refractivity contribution in [2.75, 3.05) is 13.1 Å². The largest absolute Gasteiger partial charge is 0.478 e. The Morgan fingerprint density at radius 2 is 1.83 bits per heavy atom. The van der Waals surface area contributed by atoms with Crippen molar-refractivity contribution in [1.29, 1.82) is 0 Å². The Bertz CT molecular complexity index is 676. The quantitative estimate of drug-likeness (QED) is 0.855. The summed E-state index contributed by atoms with van der Waals surface area (Å²) in [6, 6.07) is 15.8. The van der Waals surface area contributed by atoms with E-state index in [1.807, 2.05) is 12.1 Å². The minimum atomic E-state index is -0.869. The summed E-state index contributed by atoms with van der Waals surface area (Å²) in [4.78, 5) is 13.3. The molecule has 120 valence electrons. The fraction of sp³-hybridized carbons (Fsp3) is 0.316. The lowest BCUT2D eigenvalue weighted by Gasteiger charge is -2.32. The molecule has 0 atom stereocenters. The Kier molecular flexibility index (Phi) is 5.13. The number of benzene rings is 2. The molecule has 23 heavy (non-hydrogen) atoms. The summed E-state index contributed by atoms with van der Waals surface area (Å²) in [5.74, 6) is -0.232. The van der Waals surface area contributed by atoms with Crippen molar-refractivity contribution in [1.82, 2.24) is 4.90 Å². The Morgan fingerprint density at radius 1 is 1.13 bits per heavy atom. The standard InChI is InChI=1S/C19H20BrNO2/c20-18-3-1-2-17(12-18)15-8-10-21(11-9-15)13-14-4-6-16(7-5-14)19(22)23/h1-7,12,15H,8-11,13H2,(H,22,23). The maximum Gasteiger partial charge on any atom is 0.335 e. The third-order valence-electron chi connectivity index (χ3n) is 4.51. The SMILES string of the molecule is O=C(O)c1ccc(CN2CCC(c3cccc(Br)c3)CC2)cc1. The smallest absolute Gasteiger partial charge is 0.335 e. The minimum Gasteiger partial charge on any atom is -0.478 e. The van der Waals surface area contributed by atoms with Crippen molar-refractivity contribution in [2.24, 2.45) is 0 Å². The van der Waals surface area contributed by atoms with Gasteiger partial charge in [0, 0.05) is 11.0 Å². The average Bonchev–Trinajstić information content (AvgIpc) is 2.56. The lowest BCUT2D eigenvalue weighted by Crippen LogP contribution is -2.32. The highest BCUT2D eigenvalue weighted by Crippen LogP contribution is 2.30. The van der Waals surface area contributed by atoms with E-state index in [9.17, 15) is 4.79 Å². The normalized spacial score (nSPS) is 16.4. The summed E-state index contributed by atoms with van der Waals surface area (Å²) in [6.07, 6.45) is 2.34. The Labute approximate surface area is 145 Å². The summed E-state index contributed by atoms with van der Waals surface area (Å²) in [5.41, 5.74) is 2.95. The third kappa shape index (κ3) is 4.21. The summed E-state index contributed by atoms with van der Waals surface area (Å²) in [5, 5.41) is 8.94. The van der Waals surface area contributed by atoms with E-state index in [-0.39, 0.29) is 0 Å². The highest BCUT2D eigenvalue weighted by atomic mass is 79.9. The van der Waals surface area contributed by atoms with Gasteiger partial charge in [-0.15, -0.1) is 0 Å². The molecule has 0 spiro atoms. The predicted molar refractivity (Wildman–Crippen MR) is 94.8 cm³/mol. The lowest BCUT2D eigenvalue weighted by molar-refractivity contribution is 0.0697. The molecule has 1 aliphatic heterocycles. The zero-order valence-electron chi connectivity index (χ0n) is 12.9. The minimum absolute atomic E-state index is 0.349. The van der Waals surface area contributed by atoms with Crippen molar-refractivity contribution in [3.05, 3.63) is 69.7 Å². The van der Waals surface area contributed by atoms with Gasteiger partial charge in [0.15, 0.2) is 0 Å². The van der Waals surface area contributed by atoms with E-state index in [0.29, 0.717) is 11.5 Å². The number of rotatable bonds is 4. The lowest BCUT2D eigenvalue weighted by atomic mass is 9.89. The molecule has 0 radical (unpaired) electrons. The zero-order valence-corrected chi connectivity index (χ0v) is 14.5. The fourth-order valence-electron chi connectivity index (χ4n) is 3.20. The number of hydrogen-bond donors (Lipinski definition) is 1. The molecule has 2 aromatic rings. The first kappa shape index (κ1) is 16.2. The van der Waals surface area contributed by atoms with Gasteiger partial charge in [-0.1, -0.05) is 40.2 Å². The van der Waals surface area contributed by atoms with E-state index in [4.69, 9.17) is 5.11 Å². The van der Waals surface area contributed by atoms with Crippen molar-refractivity contribution in [3.63, 3.8) is 0 Å². The molecule has 0 bridgehead atoms. The van der Waals surface area contributed by atoms with E-state index in [2.05, 4.69) is 45.1 Å². The van der Waals surface area contributed by atoms with E-state index in [0.717, 1.165) is 24.1 Å². The van der Waals surface area contributed by atoms with E-state index >= 15 is 0 Å². The Hall–Kier alpha value is -1.65. The van der Waals surface area contributed by atoms with Gasteiger partial charge in [0.2, 0.25) is 0 Å². The van der Waals surface area contributed by atoms with Crippen molar-refractivity contribution >= 4 is 21.9 Å². The van der Waals surface area contributed by atoms with Gasteiger partial charge in [0.05, 0.1) is 5.56 Å². The van der Waals surface area contributed by atoms with Crippen LogP contribution in [-0.4, -0.2) is 29.1 Å². The molecular formula is C19H20BrNO2. The van der Waals surface area contributed by atoms with Crippen LogP contribution in [0.5, 0.6) is 0 Å². The molecule has 1 heterocycles. The van der Waals surface area contributed by atoms with Gasteiger partial charge in [-0.3, -0.25) is 4.90 Å². The second-order valence-corrected chi connectivity index (χ2v) is 7.02. The van der Waals surface area contributed by atoms with Crippen LogP contribution in [-0.2, 0) is 6.54 Å². The van der Waals surface area contributed by atoms with Crippen molar-refractivity contribution < 1.29 is 9.90 Å². The van der Waals surface area contributed by atoms with Crippen molar-refractivity contribution in [2.45, 2.75) is 25.3 Å². The molecule has 0 amide bonds. The molecule has 0 saturated carbocycles. The summed E-state index contributed by atoms with van der Waals surface area (Å²) < 4.78 is 1.15. The molecule has 1 aliphatic rings. The number of carboxylic acid groups (broad SMARTS) is 1. The van der Waals surface area contributed by atoms with Gasteiger partial charge >= 0.3 is 5.97 Å². The van der Waals surface area contributed by atoms with E-state index in [1.165, 1.54) is 24.0 Å². The van der Waals surface area contributed by atoms with Crippen LogP contribution in [0.4, 0.5) is 0 Å². The monoisotopic (exact) mass is 373 g/mol. The average molecular weight is 374 g/mol. The molecule has 3 nitrogen and oxygen atoms in total. The van der Waals surface area contributed by atoms with Gasteiger partial charge in [0.25, 0.3) is 0 Å². The first-order chi connectivity index (χ1) is 11.1. The molecule has 0 aliphatic carbocycles. The fourth-order valence-corrected chi connectivity index (χ4v) is 3.61. The Morgan fingerprint density at radius 3 is 2.43 bits per heavy atom. The Balaban J connectivity index is 1.55. The van der Waals surface area contributed by atoms with Crippen LogP contribution in [0.15, 0.2) is 53.0 Å². The molecule has 2 aromatic carbocycles. The van der Waals surface area contributed by atoms with Crippen LogP contribution in [0, 0.1) is 0 Å². The predicted octanol–water partition coefficient (Wildman–Crippen LogP) is 4.53. The topological polar surface area (TPSA) is 40.5 Å². The van der Waals surface area contributed by atoms with Crippen LogP contribution >= 0.6 is 15.9 Å². The number of likely N-dealkylation sites (tertiary alicyclic amines) is 1. The first-order valence-corrected chi connectivity index (χ1v) is 8.71. The highest BCUT2D eigenvalue weighted by molar-refractivity contribution is 9.10. The number of halogens is 1. The molecule has 4 heteroatoms. The molecule has 0 unspecified atom stereocenters. The van der Waals surface area contributed by atoms with Gasteiger partial charge in [-0.25, -0.2) is 4.79 Å². The maximum absolute atomic E-state index is 10.9.